The second-order valence-electron chi connectivity index (χ2n) is 2.87. The summed E-state index contributed by atoms with van der Waals surface area (Å²) in [4.78, 5) is 0. The molecular weight excluding hydrogens is 86.1 g/mol. The van der Waals surface area contributed by atoms with Crippen LogP contribution in [0.4, 0.5) is 0 Å². The Morgan fingerprint density at radius 1 is 1.29 bits per heavy atom. The SMILES string of the molecule is C=[N+](C)C(C)(C)C. The predicted octanol–water partition coefficient (Wildman–Crippen LogP) is 1.13. The minimum Gasteiger partial charge on any atom is -0.241 e. The fourth-order valence-corrected chi connectivity index (χ4v) is 0. The van der Waals surface area contributed by atoms with Crippen molar-refractivity contribution in [2.75, 3.05) is 7.05 Å². The molecule has 0 aromatic rings. The maximum atomic E-state index is 3.74. The summed E-state index contributed by atoms with van der Waals surface area (Å²) < 4.78 is 1.94. The summed E-state index contributed by atoms with van der Waals surface area (Å²) in [6.45, 7) is 10.1. The molecule has 7 heavy (non-hydrogen) atoms. The zero-order chi connectivity index (χ0) is 6.08. The summed E-state index contributed by atoms with van der Waals surface area (Å²) in [5.41, 5.74) is 0.222. The highest BCUT2D eigenvalue weighted by Gasteiger charge is 2.15. The summed E-state index contributed by atoms with van der Waals surface area (Å²) >= 11 is 0. The van der Waals surface area contributed by atoms with E-state index < -0.39 is 0 Å². The van der Waals surface area contributed by atoms with Gasteiger partial charge in [0.25, 0.3) is 0 Å². The summed E-state index contributed by atoms with van der Waals surface area (Å²) in [7, 11) is 1.97. The second-order valence-corrected chi connectivity index (χ2v) is 2.87. The predicted molar refractivity (Wildman–Crippen MR) is 33.1 cm³/mol. The Morgan fingerprint density at radius 3 is 1.43 bits per heavy atom. The third kappa shape index (κ3) is 2.38. The molecule has 0 atom stereocenters. The first-order valence-electron chi connectivity index (χ1n) is 2.49. The molecule has 1 heteroatoms. The summed E-state index contributed by atoms with van der Waals surface area (Å²) in [6.07, 6.45) is 0. The van der Waals surface area contributed by atoms with Gasteiger partial charge < -0.3 is 0 Å². The van der Waals surface area contributed by atoms with Gasteiger partial charge in [0, 0.05) is 0 Å². The molecule has 0 unspecified atom stereocenters. The van der Waals surface area contributed by atoms with Crippen LogP contribution in [-0.2, 0) is 0 Å². The maximum absolute atomic E-state index is 3.74. The summed E-state index contributed by atoms with van der Waals surface area (Å²) in [5, 5.41) is 0. The Kier molecular flexibility index (Phi) is 1.57. The van der Waals surface area contributed by atoms with Gasteiger partial charge in [0.05, 0.1) is 0 Å². The van der Waals surface area contributed by atoms with Crippen molar-refractivity contribution < 1.29 is 4.58 Å². The summed E-state index contributed by atoms with van der Waals surface area (Å²) in [6, 6.07) is 0. The van der Waals surface area contributed by atoms with Crippen molar-refractivity contribution in [3.8, 4) is 0 Å². The standard InChI is InChI=1S/C6H14N/c1-6(2,3)7(4)5/h4H2,1-3,5H3/q+1. The number of hydrogen-bond donors (Lipinski definition) is 0. The molecular formula is C6H14N+. The Balaban J connectivity index is 3.79. The van der Waals surface area contributed by atoms with E-state index >= 15 is 0 Å². The van der Waals surface area contributed by atoms with Crippen molar-refractivity contribution in [3.63, 3.8) is 0 Å². The quantitative estimate of drug-likeness (QED) is 0.317. The van der Waals surface area contributed by atoms with Crippen LogP contribution >= 0.6 is 0 Å². The first-order valence-corrected chi connectivity index (χ1v) is 2.49. The average molecular weight is 100 g/mol. The molecule has 0 saturated heterocycles. The Bertz CT molecular complexity index is 76.7. The van der Waals surface area contributed by atoms with Gasteiger partial charge in [-0.2, -0.15) is 0 Å². The van der Waals surface area contributed by atoms with Gasteiger partial charge in [0.1, 0.15) is 13.8 Å². The van der Waals surface area contributed by atoms with Crippen LogP contribution in [0.2, 0.25) is 0 Å². The first kappa shape index (κ1) is 6.67. The van der Waals surface area contributed by atoms with E-state index in [1.807, 2.05) is 11.6 Å². The minimum absolute atomic E-state index is 0.222. The van der Waals surface area contributed by atoms with E-state index in [4.69, 9.17) is 0 Å². The highest BCUT2D eigenvalue weighted by atomic mass is 15.0. The largest absolute Gasteiger partial charge is 0.241 e. The monoisotopic (exact) mass is 100 g/mol. The molecule has 0 fully saturated rings. The Hall–Kier alpha value is -0.330. The highest BCUT2D eigenvalue weighted by Crippen LogP contribution is 2.01. The van der Waals surface area contributed by atoms with Crippen molar-refractivity contribution in [1.29, 1.82) is 0 Å². The topological polar surface area (TPSA) is 3.01 Å². The number of rotatable bonds is 0. The molecule has 0 aromatic carbocycles. The molecule has 0 amide bonds. The van der Waals surface area contributed by atoms with Crippen LogP contribution in [0.15, 0.2) is 0 Å². The van der Waals surface area contributed by atoms with Crippen molar-refractivity contribution in [1.82, 2.24) is 0 Å². The van der Waals surface area contributed by atoms with Crippen molar-refractivity contribution in [2.45, 2.75) is 26.3 Å². The normalized spacial score (nSPS) is 11.4. The molecule has 42 valence electrons. The molecule has 0 heterocycles. The molecule has 0 saturated carbocycles. The molecule has 0 aliphatic rings. The van der Waals surface area contributed by atoms with E-state index in [9.17, 15) is 0 Å². The second kappa shape index (κ2) is 1.65. The molecule has 0 bridgehead atoms. The lowest BCUT2D eigenvalue weighted by Crippen LogP contribution is -2.27. The fourth-order valence-electron chi connectivity index (χ4n) is 0. The fraction of sp³-hybridized carbons (Fsp3) is 0.833. The van der Waals surface area contributed by atoms with E-state index in [-0.39, 0.29) is 5.54 Å². The first-order chi connectivity index (χ1) is 2.94. The van der Waals surface area contributed by atoms with Crippen LogP contribution in [0.1, 0.15) is 20.8 Å². The van der Waals surface area contributed by atoms with E-state index in [0.717, 1.165) is 0 Å². The van der Waals surface area contributed by atoms with Crippen LogP contribution < -0.4 is 0 Å². The molecule has 0 spiro atoms. The van der Waals surface area contributed by atoms with E-state index in [1.54, 1.807) is 0 Å². The van der Waals surface area contributed by atoms with E-state index in [2.05, 4.69) is 27.5 Å². The Labute approximate surface area is 45.7 Å². The van der Waals surface area contributed by atoms with E-state index in [1.165, 1.54) is 0 Å². The lowest BCUT2D eigenvalue weighted by atomic mass is 10.1. The van der Waals surface area contributed by atoms with Crippen LogP contribution in [0.3, 0.4) is 0 Å². The zero-order valence-corrected chi connectivity index (χ0v) is 5.65. The van der Waals surface area contributed by atoms with Gasteiger partial charge >= 0.3 is 0 Å². The lowest BCUT2D eigenvalue weighted by Gasteiger charge is -2.11. The minimum atomic E-state index is 0.222. The third-order valence-corrected chi connectivity index (χ3v) is 1.15. The van der Waals surface area contributed by atoms with Gasteiger partial charge in [0.2, 0.25) is 0 Å². The molecule has 0 N–H and O–H groups in total. The van der Waals surface area contributed by atoms with Crippen LogP contribution in [0.25, 0.3) is 0 Å². The third-order valence-electron chi connectivity index (χ3n) is 1.15. The molecule has 0 rings (SSSR count). The molecule has 0 aliphatic carbocycles. The van der Waals surface area contributed by atoms with Crippen LogP contribution in [0.5, 0.6) is 0 Å². The van der Waals surface area contributed by atoms with Gasteiger partial charge in [0.15, 0.2) is 5.54 Å². The molecule has 0 aromatic heterocycles. The average Bonchev–Trinajstić information content (AvgIpc) is 1.31. The lowest BCUT2D eigenvalue weighted by molar-refractivity contribution is -0.562. The maximum Gasteiger partial charge on any atom is 0.153 e. The highest BCUT2D eigenvalue weighted by molar-refractivity contribution is 5.14. The zero-order valence-electron chi connectivity index (χ0n) is 5.65. The van der Waals surface area contributed by atoms with Gasteiger partial charge in [-0.05, 0) is 20.8 Å². The van der Waals surface area contributed by atoms with Gasteiger partial charge in [-0.1, -0.05) is 0 Å². The number of hydrogen-bond acceptors (Lipinski definition) is 0. The summed E-state index contributed by atoms with van der Waals surface area (Å²) in [5.74, 6) is 0. The Morgan fingerprint density at radius 2 is 1.43 bits per heavy atom. The van der Waals surface area contributed by atoms with Crippen molar-refractivity contribution in [3.05, 3.63) is 0 Å². The van der Waals surface area contributed by atoms with Crippen molar-refractivity contribution in [2.24, 2.45) is 0 Å². The van der Waals surface area contributed by atoms with Gasteiger partial charge in [-0.15, -0.1) is 0 Å². The molecule has 0 aliphatic heterocycles. The van der Waals surface area contributed by atoms with Crippen LogP contribution in [-0.4, -0.2) is 23.9 Å². The molecule has 1 nitrogen and oxygen atoms in total. The van der Waals surface area contributed by atoms with Gasteiger partial charge in [-0.3, -0.25) is 0 Å². The van der Waals surface area contributed by atoms with Crippen molar-refractivity contribution >= 4 is 6.72 Å². The molecule has 0 radical (unpaired) electrons. The smallest absolute Gasteiger partial charge is 0.153 e. The van der Waals surface area contributed by atoms with Gasteiger partial charge in [-0.25, -0.2) is 4.58 Å². The van der Waals surface area contributed by atoms with Crippen LogP contribution in [0, 0.1) is 0 Å². The number of nitrogens with zero attached hydrogens (tertiary/aromatic N) is 1. The van der Waals surface area contributed by atoms with E-state index in [0.29, 0.717) is 0 Å².